The first-order chi connectivity index (χ1) is 13.7. The number of rotatable bonds is 5. The van der Waals surface area contributed by atoms with E-state index in [1.807, 2.05) is 18.2 Å². The molecule has 0 atom stereocenters. The number of fused-ring (bicyclic) bond motifs is 1. The second-order valence-corrected chi connectivity index (χ2v) is 6.33. The molecule has 0 unspecified atom stereocenters. The zero-order chi connectivity index (χ0) is 19.5. The maximum Gasteiger partial charge on any atom is 0.276 e. The Hall–Kier alpha value is -3.61. The molecule has 2 aromatic carbocycles. The summed E-state index contributed by atoms with van der Waals surface area (Å²) in [5, 5.41) is 11.2. The first-order valence-corrected chi connectivity index (χ1v) is 8.92. The Morgan fingerprint density at radius 2 is 1.82 bits per heavy atom. The quantitative estimate of drug-likeness (QED) is 0.735. The van der Waals surface area contributed by atoms with Crippen LogP contribution in [-0.4, -0.2) is 36.9 Å². The lowest BCUT2D eigenvalue weighted by Gasteiger charge is -2.17. The third-order valence-corrected chi connectivity index (χ3v) is 4.69. The SMILES string of the molecule is COc1ccc(NC(=O)c2ccc(N3CCc4ccccc43)nn2)cc1OC. The number of aromatic nitrogens is 2. The second-order valence-electron chi connectivity index (χ2n) is 6.33. The number of hydrogen-bond acceptors (Lipinski definition) is 6. The van der Waals surface area contributed by atoms with Crippen LogP contribution in [0.1, 0.15) is 16.1 Å². The molecule has 1 aromatic heterocycles. The maximum atomic E-state index is 12.5. The van der Waals surface area contributed by atoms with Gasteiger partial charge in [0.2, 0.25) is 0 Å². The molecular weight excluding hydrogens is 356 g/mol. The Balaban J connectivity index is 1.49. The Kier molecular flexibility index (Phi) is 4.80. The van der Waals surface area contributed by atoms with Crippen LogP contribution in [0.4, 0.5) is 17.2 Å². The van der Waals surface area contributed by atoms with Crippen LogP contribution in [0.2, 0.25) is 0 Å². The maximum absolute atomic E-state index is 12.5. The fourth-order valence-corrected chi connectivity index (χ4v) is 3.28. The molecule has 1 N–H and O–H groups in total. The van der Waals surface area contributed by atoms with Crippen molar-refractivity contribution in [1.29, 1.82) is 0 Å². The minimum absolute atomic E-state index is 0.242. The lowest BCUT2D eigenvalue weighted by molar-refractivity contribution is 0.102. The number of carbonyl (C=O) groups excluding carboxylic acids is 1. The Labute approximate surface area is 162 Å². The van der Waals surface area contributed by atoms with Crippen molar-refractivity contribution in [2.45, 2.75) is 6.42 Å². The summed E-state index contributed by atoms with van der Waals surface area (Å²) in [4.78, 5) is 14.6. The van der Waals surface area contributed by atoms with Gasteiger partial charge in [0.05, 0.1) is 14.2 Å². The van der Waals surface area contributed by atoms with Gasteiger partial charge in [0.15, 0.2) is 23.0 Å². The van der Waals surface area contributed by atoms with E-state index in [0.29, 0.717) is 17.2 Å². The van der Waals surface area contributed by atoms with Crippen molar-refractivity contribution in [2.75, 3.05) is 31.0 Å². The standard InChI is InChI=1S/C21H20N4O3/c1-27-18-9-7-15(13-19(18)28-2)22-21(26)16-8-10-20(24-23-16)25-12-11-14-5-3-4-6-17(14)25/h3-10,13H,11-12H2,1-2H3,(H,22,26). The van der Waals surface area contributed by atoms with E-state index in [1.54, 1.807) is 38.5 Å². The predicted molar refractivity (Wildman–Crippen MR) is 107 cm³/mol. The largest absolute Gasteiger partial charge is 0.493 e. The van der Waals surface area contributed by atoms with Gasteiger partial charge in [0, 0.05) is 24.0 Å². The minimum Gasteiger partial charge on any atom is -0.493 e. The highest BCUT2D eigenvalue weighted by atomic mass is 16.5. The van der Waals surface area contributed by atoms with Crippen LogP contribution in [0.5, 0.6) is 11.5 Å². The molecule has 0 spiro atoms. The van der Waals surface area contributed by atoms with Crippen molar-refractivity contribution in [3.8, 4) is 11.5 Å². The fourth-order valence-electron chi connectivity index (χ4n) is 3.28. The highest BCUT2D eigenvalue weighted by Gasteiger charge is 2.21. The van der Waals surface area contributed by atoms with E-state index in [0.717, 1.165) is 24.5 Å². The molecule has 0 aliphatic carbocycles. The van der Waals surface area contributed by atoms with Crippen LogP contribution in [0, 0.1) is 0 Å². The Morgan fingerprint density at radius 1 is 1.00 bits per heavy atom. The first-order valence-electron chi connectivity index (χ1n) is 8.92. The van der Waals surface area contributed by atoms with E-state index < -0.39 is 0 Å². The molecule has 1 amide bonds. The van der Waals surface area contributed by atoms with E-state index in [4.69, 9.17) is 9.47 Å². The van der Waals surface area contributed by atoms with Gasteiger partial charge in [-0.2, -0.15) is 0 Å². The van der Waals surface area contributed by atoms with Gasteiger partial charge in [0.25, 0.3) is 5.91 Å². The van der Waals surface area contributed by atoms with Gasteiger partial charge >= 0.3 is 0 Å². The monoisotopic (exact) mass is 376 g/mol. The first kappa shape index (κ1) is 17.8. The van der Waals surface area contributed by atoms with Gasteiger partial charge in [-0.3, -0.25) is 4.79 Å². The Morgan fingerprint density at radius 3 is 2.57 bits per heavy atom. The number of methoxy groups -OCH3 is 2. The second kappa shape index (κ2) is 7.56. The third kappa shape index (κ3) is 3.34. The molecule has 0 fully saturated rings. The summed E-state index contributed by atoms with van der Waals surface area (Å²) < 4.78 is 10.5. The molecule has 3 aromatic rings. The van der Waals surface area contributed by atoms with Crippen molar-refractivity contribution >= 4 is 23.1 Å². The van der Waals surface area contributed by atoms with Gasteiger partial charge in [-0.25, -0.2) is 0 Å². The molecular formula is C21H20N4O3. The summed E-state index contributed by atoms with van der Waals surface area (Å²) in [6, 6.07) is 16.9. The molecule has 0 saturated carbocycles. The minimum atomic E-state index is -0.340. The van der Waals surface area contributed by atoms with Gasteiger partial charge in [-0.05, 0) is 42.3 Å². The molecule has 1 aliphatic rings. The normalized spacial score (nSPS) is 12.4. The number of para-hydroxylation sites is 1. The van der Waals surface area contributed by atoms with Crippen molar-refractivity contribution in [3.63, 3.8) is 0 Å². The van der Waals surface area contributed by atoms with Gasteiger partial charge < -0.3 is 19.7 Å². The zero-order valence-corrected chi connectivity index (χ0v) is 15.7. The molecule has 28 heavy (non-hydrogen) atoms. The van der Waals surface area contributed by atoms with Crippen molar-refractivity contribution in [2.24, 2.45) is 0 Å². The molecule has 0 radical (unpaired) electrons. The van der Waals surface area contributed by atoms with E-state index in [9.17, 15) is 4.79 Å². The average molecular weight is 376 g/mol. The van der Waals surface area contributed by atoms with Crippen LogP contribution in [0.3, 0.4) is 0 Å². The predicted octanol–water partition coefficient (Wildman–Crippen LogP) is 3.44. The molecule has 0 bridgehead atoms. The van der Waals surface area contributed by atoms with E-state index >= 15 is 0 Å². The highest BCUT2D eigenvalue weighted by Crippen LogP contribution is 2.33. The number of benzene rings is 2. The number of carbonyl (C=O) groups is 1. The molecule has 4 rings (SSSR count). The van der Waals surface area contributed by atoms with E-state index in [1.165, 1.54) is 5.56 Å². The van der Waals surface area contributed by atoms with Crippen LogP contribution in [-0.2, 0) is 6.42 Å². The van der Waals surface area contributed by atoms with Gasteiger partial charge in [-0.1, -0.05) is 18.2 Å². The third-order valence-electron chi connectivity index (χ3n) is 4.69. The summed E-state index contributed by atoms with van der Waals surface area (Å²) in [6.07, 6.45) is 0.972. The number of amides is 1. The van der Waals surface area contributed by atoms with Gasteiger partial charge in [0.1, 0.15) is 0 Å². The molecule has 0 saturated heterocycles. The molecule has 142 valence electrons. The molecule has 7 heteroatoms. The average Bonchev–Trinajstić information content (AvgIpc) is 3.18. The number of nitrogens with zero attached hydrogens (tertiary/aromatic N) is 3. The van der Waals surface area contributed by atoms with Gasteiger partial charge in [-0.15, -0.1) is 10.2 Å². The topological polar surface area (TPSA) is 76.6 Å². The molecule has 7 nitrogen and oxygen atoms in total. The fraction of sp³-hybridized carbons (Fsp3) is 0.190. The Bertz CT molecular complexity index is 1000. The van der Waals surface area contributed by atoms with Crippen LogP contribution >= 0.6 is 0 Å². The lowest BCUT2D eigenvalue weighted by atomic mass is 10.2. The number of nitrogens with one attached hydrogen (secondary N) is 1. The zero-order valence-electron chi connectivity index (χ0n) is 15.7. The summed E-state index contributed by atoms with van der Waals surface area (Å²) >= 11 is 0. The summed E-state index contributed by atoms with van der Waals surface area (Å²) in [5.41, 5.74) is 3.26. The van der Waals surface area contributed by atoms with Crippen molar-refractivity contribution in [1.82, 2.24) is 10.2 Å². The van der Waals surface area contributed by atoms with Crippen LogP contribution < -0.4 is 19.7 Å². The van der Waals surface area contributed by atoms with E-state index in [-0.39, 0.29) is 11.6 Å². The number of hydrogen-bond donors (Lipinski definition) is 1. The van der Waals surface area contributed by atoms with Crippen LogP contribution in [0.25, 0.3) is 0 Å². The lowest BCUT2D eigenvalue weighted by Crippen LogP contribution is -2.18. The smallest absolute Gasteiger partial charge is 0.276 e. The summed E-state index contributed by atoms with van der Waals surface area (Å²) in [6.45, 7) is 0.852. The van der Waals surface area contributed by atoms with Crippen molar-refractivity contribution in [3.05, 3.63) is 65.9 Å². The summed E-state index contributed by atoms with van der Waals surface area (Å²) in [5.74, 6) is 1.52. The van der Waals surface area contributed by atoms with Crippen molar-refractivity contribution < 1.29 is 14.3 Å². The number of anilines is 3. The molecule has 1 aliphatic heterocycles. The molecule has 2 heterocycles. The summed E-state index contributed by atoms with van der Waals surface area (Å²) in [7, 11) is 3.11. The highest BCUT2D eigenvalue weighted by molar-refractivity contribution is 6.03. The number of ether oxygens (including phenoxy) is 2. The van der Waals surface area contributed by atoms with E-state index in [2.05, 4.69) is 32.5 Å². The van der Waals surface area contributed by atoms with Crippen LogP contribution in [0.15, 0.2) is 54.6 Å².